The fourth-order valence-electron chi connectivity index (χ4n) is 3.84. The quantitative estimate of drug-likeness (QED) is 0.676. The maximum atomic E-state index is 9.68. The van der Waals surface area contributed by atoms with Gasteiger partial charge in [-0.2, -0.15) is 0 Å². The SMILES string of the molecule is OC1CCC(Nc2nccc(-c3cn(CC4CO4)c4ncccc34)n2)CC1. The van der Waals surface area contributed by atoms with Gasteiger partial charge in [0.2, 0.25) is 5.95 Å². The minimum Gasteiger partial charge on any atom is -0.393 e. The highest BCUT2D eigenvalue weighted by atomic mass is 16.6. The van der Waals surface area contributed by atoms with Crippen LogP contribution in [-0.2, 0) is 11.3 Å². The molecular formula is C20H23N5O2. The number of hydrogen-bond donors (Lipinski definition) is 2. The Labute approximate surface area is 157 Å². The van der Waals surface area contributed by atoms with Crippen LogP contribution >= 0.6 is 0 Å². The summed E-state index contributed by atoms with van der Waals surface area (Å²) in [6, 6.07) is 6.30. The Hall–Kier alpha value is -2.51. The summed E-state index contributed by atoms with van der Waals surface area (Å²) in [5.74, 6) is 0.643. The minimum absolute atomic E-state index is 0.163. The van der Waals surface area contributed by atoms with E-state index in [0.717, 1.165) is 61.1 Å². The van der Waals surface area contributed by atoms with Crippen LogP contribution in [0, 0.1) is 0 Å². The van der Waals surface area contributed by atoms with Gasteiger partial charge in [0.15, 0.2) is 0 Å². The van der Waals surface area contributed by atoms with E-state index in [0.29, 0.717) is 18.1 Å². The molecular weight excluding hydrogens is 342 g/mol. The summed E-state index contributed by atoms with van der Waals surface area (Å²) in [6.45, 7) is 1.63. The van der Waals surface area contributed by atoms with E-state index in [1.165, 1.54) is 0 Å². The zero-order chi connectivity index (χ0) is 18.2. The highest BCUT2D eigenvalue weighted by Gasteiger charge is 2.25. The molecule has 5 rings (SSSR count). The largest absolute Gasteiger partial charge is 0.393 e. The van der Waals surface area contributed by atoms with Gasteiger partial charge in [0, 0.05) is 35.6 Å². The fourth-order valence-corrected chi connectivity index (χ4v) is 3.84. The van der Waals surface area contributed by atoms with Crippen LogP contribution in [0.25, 0.3) is 22.3 Å². The summed E-state index contributed by atoms with van der Waals surface area (Å²) >= 11 is 0. The molecule has 7 nitrogen and oxygen atoms in total. The Balaban J connectivity index is 1.44. The number of nitrogens with zero attached hydrogens (tertiary/aromatic N) is 4. The summed E-state index contributed by atoms with van der Waals surface area (Å²) in [6.07, 6.45) is 9.41. The summed E-state index contributed by atoms with van der Waals surface area (Å²) in [4.78, 5) is 13.7. The third kappa shape index (κ3) is 3.52. The molecule has 2 aliphatic rings. The van der Waals surface area contributed by atoms with E-state index < -0.39 is 0 Å². The molecule has 4 heterocycles. The minimum atomic E-state index is -0.163. The predicted octanol–water partition coefficient (Wildman–Crippen LogP) is 2.61. The number of aliphatic hydroxyl groups is 1. The molecule has 3 aromatic heterocycles. The lowest BCUT2D eigenvalue weighted by atomic mass is 9.93. The van der Waals surface area contributed by atoms with E-state index in [4.69, 9.17) is 9.72 Å². The van der Waals surface area contributed by atoms with Crippen molar-refractivity contribution in [2.24, 2.45) is 0 Å². The van der Waals surface area contributed by atoms with Crippen molar-refractivity contribution < 1.29 is 9.84 Å². The topological polar surface area (TPSA) is 88.4 Å². The normalized spacial score (nSPS) is 24.9. The van der Waals surface area contributed by atoms with Crippen molar-refractivity contribution in [2.75, 3.05) is 11.9 Å². The van der Waals surface area contributed by atoms with E-state index >= 15 is 0 Å². The third-order valence-corrected chi connectivity index (χ3v) is 5.40. The molecule has 1 atom stereocenters. The highest BCUT2D eigenvalue weighted by molar-refractivity contribution is 5.93. The van der Waals surface area contributed by atoms with Gasteiger partial charge in [0.25, 0.3) is 0 Å². The molecule has 0 bridgehead atoms. The predicted molar refractivity (Wildman–Crippen MR) is 102 cm³/mol. The number of aromatic nitrogens is 4. The lowest BCUT2D eigenvalue weighted by molar-refractivity contribution is 0.126. The summed E-state index contributed by atoms with van der Waals surface area (Å²) in [5.41, 5.74) is 2.90. The highest BCUT2D eigenvalue weighted by Crippen LogP contribution is 2.30. The van der Waals surface area contributed by atoms with Gasteiger partial charge in [-0.25, -0.2) is 15.0 Å². The van der Waals surface area contributed by atoms with Crippen LogP contribution in [0.3, 0.4) is 0 Å². The van der Waals surface area contributed by atoms with Gasteiger partial charge in [0.05, 0.1) is 31.1 Å². The van der Waals surface area contributed by atoms with E-state index in [2.05, 4.69) is 32.1 Å². The Morgan fingerprint density at radius 3 is 2.81 bits per heavy atom. The zero-order valence-corrected chi connectivity index (χ0v) is 15.1. The molecule has 1 saturated heterocycles. The average Bonchev–Trinajstić information content (AvgIpc) is 3.44. The molecule has 1 unspecified atom stereocenters. The molecule has 7 heteroatoms. The number of anilines is 1. The standard InChI is InChI=1S/C20H23N5O2/c26-14-5-3-13(4-6-14)23-20-22-9-7-18(24-20)17-11-25(10-15-12-27-15)19-16(17)2-1-8-21-19/h1-2,7-9,11,13-15,26H,3-6,10,12H2,(H,22,23,24). The number of nitrogens with one attached hydrogen (secondary N) is 1. The third-order valence-electron chi connectivity index (χ3n) is 5.40. The number of rotatable bonds is 5. The first-order valence-electron chi connectivity index (χ1n) is 9.60. The molecule has 2 fully saturated rings. The smallest absolute Gasteiger partial charge is 0.223 e. The van der Waals surface area contributed by atoms with Gasteiger partial charge in [-0.1, -0.05) is 0 Å². The van der Waals surface area contributed by atoms with Crippen LogP contribution in [0.1, 0.15) is 25.7 Å². The zero-order valence-electron chi connectivity index (χ0n) is 15.1. The number of pyridine rings is 1. The van der Waals surface area contributed by atoms with Crippen molar-refractivity contribution in [2.45, 2.75) is 50.5 Å². The van der Waals surface area contributed by atoms with Crippen molar-refractivity contribution in [3.05, 3.63) is 36.8 Å². The van der Waals surface area contributed by atoms with Gasteiger partial charge in [-0.3, -0.25) is 0 Å². The molecule has 0 amide bonds. The van der Waals surface area contributed by atoms with Crippen LogP contribution in [0.2, 0.25) is 0 Å². The van der Waals surface area contributed by atoms with E-state index in [9.17, 15) is 5.11 Å². The number of hydrogen-bond acceptors (Lipinski definition) is 6. The molecule has 2 N–H and O–H groups in total. The van der Waals surface area contributed by atoms with Gasteiger partial charge < -0.3 is 19.7 Å². The van der Waals surface area contributed by atoms with Crippen molar-refractivity contribution in [1.29, 1.82) is 0 Å². The molecule has 1 aliphatic heterocycles. The van der Waals surface area contributed by atoms with Crippen molar-refractivity contribution in [3.8, 4) is 11.3 Å². The van der Waals surface area contributed by atoms with Gasteiger partial charge >= 0.3 is 0 Å². The van der Waals surface area contributed by atoms with Crippen LogP contribution in [0.4, 0.5) is 5.95 Å². The molecule has 1 aliphatic carbocycles. The second-order valence-corrected chi connectivity index (χ2v) is 7.44. The molecule has 3 aromatic rings. The van der Waals surface area contributed by atoms with E-state index in [1.54, 1.807) is 6.20 Å². The lowest BCUT2D eigenvalue weighted by Crippen LogP contribution is -2.28. The fraction of sp³-hybridized carbons (Fsp3) is 0.450. The van der Waals surface area contributed by atoms with Crippen molar-refractivity contribution in [3.63, 3.8) is 0 Å². The first kappa shape index (κ1) is 16.6. The Morgan fingerprint density at radius 2 is 2.00 bits per heavy atom. The molecule has 0 spiro atoms. The monoisotopic (exact) mass is 365 g/mol. The van der Waals surface area contributed by atoms with Crippen molar-refractivity contribution in [1.82, 2.24) is 19.5 Å². The number of epoxide rings is 1. The van der Waals surface area contributed by atoms with Crippen LogP contribution in [0.5, 0.6) is 0 Å². The van der Waals surface area contributed by atoms with Gasteiger partial charge in [-0.15, -0.1) is 0 Å². The second kappa shape index (κ2) is 6.90. The molecule has 0 aromatic carbocycles. The Kier molecular flexibility index (Phi) is 4.26. The average molecular weight is 365 g/mol. The summed E-state index contributed by atoms with van der Waals surface area (Å²) in [7, 11) is 0. The maximum Gasteiger partial charge on any atom is 0.223 e. The Bertz CT molecular complexity index is 944. The van der Waals surface area contributed by atoms with Crippen LogP contribution in [-0.4, -0.2) is 49.5 Å². The number of fused-ring (bicyclic) bond motifs is 1. The first-order valence-corrected chi connectivity index (χ1v) is 9.60. The first-order chi connectivity index (χ1) is 13.3. The van der Waals surface area contributed by atoms with Crippen molar-refractivity contribution >= 4 is 17.0 Å². The molecule has 140 valence electrons. The van der Waals surface area contributed by atoms with Gasteiger partial charge in [-0.05, 0) is 43.9 Å². The summed E-state index contributed by atoms with van der Waals surface area (Å²) < 4.78 is 7.54. The van der Waals surface area contributed by atoms with Gasteiger partial charge in [0.1, 0.15) is 5.65 Å². The van der Waals surface area contributed by atoms with E-state index in [1.807, 2.05) is 18.3 Å². The number of ether oxygens (including phenoxy) is 1. The maximum absolute atomic E-state index is 9.68. The van der Waals surface area contributed by atoms with Crippen LogP contribution in [0.15, 0.2) is 36.8 Å². The second-order valence-electron chi connectivity index (χ2n) is 7.44. The van der Waals surface area contributed by atoms with Crippen LogP contribution < -0.4 is 5.32 Å². The Morgan fingerprint density at radius 1 is 1.15 bits per heavy atom. The lowest BCUT2D eigenvalue weighted by Gasteiger charge is -2.26. The molecule has 27 heavy (non-hydrogen) atoms. The summed E-state index contributed by atoms with van der Waals surface area (Å²) in [5, 5.41) is 14.2. The molecule has 1 saturated carbocycles. The molecule has 0 radical (unpaired) electrons. The number of aliphatic hydroxyl groups excluding tert-OH is 1. The van der Waals surface area contributed by atoms with E-state index in [-0.39, 0.29) is 6.10 Å².